The van der Waals surface area contributed by atoms with Crippen LogP contribution in [0.15, 0.2) is 0 Å². The van der Waals surface area contributed by atoms with E-state index in [0.29, 0.717) is 6.10 Å². The number of ether oxygens (including phenoxy) is 1. The minimum absolute atomic E-state index is 0.496. The van der Waals surface area contributed by atoms with Gasteiger partial charge in [0.1, 0.15) is 0 Å². The lowest BCUT2D eigenvalue weighted by Gasteiger charge is -2.22. The van der Waals surface area contributed by atoms with Crippen molar-refractivity contribution in [1.82, 2.24) is 5.32 Å². The largest absolute Gasteiger partial charge is 0.377 e. The maximum atomic E-state index is 5.62. The van der Waals surface area contributed by atoms with E-state index in [9.17, 15) is 0 Å². The molecule has 0 aromatic heterocycles. The predicted molar refractivity (Wildman–Crippen MR) is 56.0 cm³/mol. The smallest absolute Gasteiger partial charge is 0.0699 e. The van der Waals surface area contributed by atoms with Crippen LogP contribution in [-0.2, 0) is 4.74 Å². The van der Waals surface area contributed by atoms with E-state index in [1.807, 2.05) is 0 Å². The van der Waals surface area contributed by atoms with E-state index in [0.717, 1.165) is 19.7 Å². The SMILES string of the molecule is CCCCCNCC1CCCCO1. The summed E-state index contributed by atoms with van der Waals surface area (Å²) < 4.78 is 5.62. The maximum Gasteiger partial charge on any atom is 0.0699 e. The first kappa shape index (κ1) is 11.0. The summed E-state index contributed by atoms with van der Waals surface area (Å²) in [5.41, 5.74) is 0. The van der Waals surface area contributed by atoms with Gasteiger partial charge in [0, 0.05) is 13.2 Å². The van der Waals surface area contributed by atoms with E-state index >= 15 is 0 Å². The molecule has 0 spiro atoms. The van der Waals surface area contributed by atoms with E-state index in [1.54, 1.807) is 0 Å². The topological polar surface area (TPSA) is 21.3 Å². The summed E-state index contributed by atoms with van der Waals surface area (Å²) in [6, 6.07) is 0. The molecule has 1 rings (SSSR count). The first-order valence-corrected chi connectivity index (χ1v) is 5.76. The van der Waals surface area contributed by atoms with Gasteiger partial charge >= 0.3 is 0 Å². The first-order valence-electron chi connectivity index (χ1n) is 5.76. The standard InChI is InChI=1S/C11H23NO/c1-2-3-5-8-12-10-11-7-4-6-9-13-11/h11-12H,2-10H2,1H3. The quantitative estimate of drug-likeness (QED) is 0.641. The predicted octanol–water partition coefficient (Wildman–Crippen LogP) is 2.34. The van der Waals surface area contributed by atoms with Crippen LogP contribution < -0.4 is 5.32 Å². The van der Waals surface area contributed by atoms with E-state index < -0.39 is 0 Å². The van der Waals surface area contributed by atoms with Crippen molar-refractivity contribution < 1.29 is 4.74 Å². The summed E-state index contributed by atoms with van der Waals surface area (Å²) in [4.78, 5) is 0. The van der Waals surface area contributed by atoms with Gasteiger partial charge in [-0.15, -0.1) is 0 Å². The Kier molecular flexibility index (Phi) is 6.21. The Morgan fingerprint density at radius 3 is 2.92 bits per heavy atom. The Bertz CT molecular complexity index is 111. The number of unbranched alkanes of at least 4 members (excludes halogenated alkanes) is 2. The van der Waals surface area contributed by atoms with Crippen molar-refractivity contribution in [1.29, 1.82) is 0 Å². The molecule has 1 fully saturated rings. The molecule has 1 atom stereocenters. The van der Waals surface area contributed by atoms with Crippen LogP contribution in [-0.4, -0.2) is 25.8 Å². The second-order valence-corrected chi connectivity index (χ2v) is 3.90. The fourth-order valence-electron chi connectivity index (χ4n) is 1.73. The molecule has 1 N–H and O–H groups in total. The lowest BCUT2D eigenvalue weighted by atomic mass is 10.1. The molecule has 0 radical (unpaired) electrons. The third kappa shape index (κ3) is 5.27. The molecule has 2 nitrogen and oxygen atoms in total. The molecule has 0 aromatic rings. The summed E-state index contributed by atoms with van der Waals surface area (Å²) in [5, 5.41) is 3.46. The summed E-state index contributed by atoms with van der Waals surface area (Å²) in [6.07, 6.45) is 8.31. The molecule has 1 heterocycles. The molecule has 1 aliphatic heterocycles. The molecule has 0 saturated carbocycles. The Labute approximate surface area is 82.0 Å². The molecule has 2 heteroatoms. The van der Waals surface area contributed by atoms with Gasteiger partial charge in [0.05, 0.1) is 6.10 Å². The van der Waals surface area contributed by atoms with Gasteiger partial charge < -0.3 is 10.1 Å². The molecule has 0 amide bonds. The molecule has 0 bridgehead atoms. The van der Waals surface area contributed by atoms with E-state index in [4.69, 9.17) is 4.74 Å². The lowest BCUT2D eigenvalue weighted by molar-refractivity contribution is 0.0170. The van der Waals surface area contributed by atoms with Gasteiger partial charge in [-0.25, -0.2) is 0 Å². The maximum absolute atomic E-state index is 5.62. The van der Waals surface area contributed by atoms with Gasteiger partial charge in [-0.05, 0) is 32.2 Å². The van der Waals surface area contributed by atoms with Crippen LogP contribution in [0.1, 0.15) is 45.4 Å². The monoisotopic (exact) mass is 185 g/mol. The number of nitrogens with one attached hydrogen (secondary N) is 1. The van der Waals surface area contributed by atoms with Crippen LogP contribution >= 0.6 is 0 Å². The molecular weight excluding hydrogens is 162 g/mol. The van der Waals surface area contributed by atoms with Crippen LogP contribution in [0.5, 0.6) is 0 Å². The van der Waals surface area contributed by atoms with Crippen LogP contribution in [0.25, 0.3) is 0 Å². The molecule has 78 valence electrons. The van der Waals surface area contributed by atoms with Crippen molar-refractivity contribution in [2.24, 2.45) is 0 Å². The van der Waals surface area contributed by atoms with E-state index in [2.05, 4.69) is 12.2 Å². The second-order valence-electron chi connectivity index (χ2n) is 3.90. The van der Waals surface area contributed by atoms with Crippen molar-refractivity contribution in [3.63, 3.8) is 0 Å². The Balaban J connectivity index is 1.86. The van der Waals surface area contributed by atoms with Gasteiger partial charge in [0.25, 0.3) is 0 Å². The summed E-state index contributed by atoms with van der Waals surface area (Å²) in [7, 11) is 0. The average molecular weight is 185 g/mol. The summed E-state index contributed by atoms with van der Waals surface area (Å²) in [5.74, 6) is 0. The fourth-order valence-corrected chi connectivity index (χ4v) is 1.73. The highest BCUT2D eigenvalue weighted by Crippen LogP contribution is 2.11. The van der Waals surface area contributed by atoms with E-state index in [-0.39, 0.29) is 0 Å². The summed E-state index contributed by atoms with van der Waals surface area (Å²) in [6.45, 7) is 5.43. The van der Waals surface area contributed by atoms with Crippen molar-refractivity contribution in [3.8, 4) is 0 Å². The van der Waals surface area contributed by atoms with Gasteiger partial charge in [-0.1, -0.05) is 19.8 Å². The van der Waals surface area contributed by atoms with Gasteiger partial charge in [0.2, 0.25) is 0 Å². The van der Waals surface area contributed by atoms with Crippen LogP contribution in [0.3, 0.4) is 0 Å². The number of rotatable bonds is 6. The van der Waals surface area contributed by atoms with Crippen molar-refractivity contribution in [3.05, 3.63) is 0 Å². The summed E-state index contributed by atoms with van der Waals surface area (Å²) >= 11 is 0. The lowest BCUT2D eigenvalue weighted by Crippen LogP contribution is -2.32. The molecule has 13 heavy (non-hydrogen) atoms. The molecule has 1 aliphatic rings. The van der Waals surface area contributed by atoms with Crippen LogP contribution in [0, 0.1) is 0 Å². The zero-order chi connectivity index (χ0) is 9.36. The Morgan fingerprint density at radius 2 is 2.23 bits per heavy atom. The minimum Gasteiger partial charge on any atom is -0.377 e. The highest BCUT2D eigenvalue weighted by molar-refractivity contribution is 4.65. The van der Waals surface area contributed by atoms with Gasteiger partial charge in [0.15, 0.2) is 0 Å². The molecule has 1 unspecified atom stereocenters. The molecular formula is C11H23NO. The van der Waals surface area contributed by atoms with Crippen molar-refractivity contribution in [2.75, 3.05) is 19.7 Å². The molecule has 0 aliphatic carbocycles. The third-order valence-electron chi connectivity index (χ3n) is 2.60. The number of hydrogen-bond acceptors (Lipinski definition) is 2. The minimum atomic E-state index is 0.496. The Hall–Kier alpha value is -0.0800. The highest BCUT2D eigenvalue weighted by atomic mass is 16.5. The Morgan fingerprint density at radius 1 is 1.31 bits per heavy atom. The molecule has 1 saturated heterocycles. The average Bonchev–Trinajstić information content (AvgIpc) is 2.19. The van der Waals surface area contributed by atoms with Crippen LogP contribution in [0.4, 0.5) is 0 Å². The van der Waals surface area contributed by atoms with Crippen molar-refractivity contribution >= 4 is 0 Å². The second kappa shape index (κ2) is 7.34. The fraction of sp³-hybridized carbons (Fsp3) is 1.00. The van der Waals surface area contributed by atoms with Gasteiger partial charge in [-0.3, -0.25) is 0 Å². The zero-order valence-corrected chi connectivity index (χ0v) is 8.85. The van der Waals surface area contributed by atoms with Gasteiger partial charge in [-0.2, -0.15) is 0 Å². The van der Waals surface area contributed by atoms with Crippen LogP contribution in [0.2, 0.25) is 0 Å². The van der Waals surface area contributed by atoms with Crippen molar-refractivity contribution in [2.45, 2.75) is 51.6 Å². The van der Waals surface area contributed by atoms with E-state index in [1.165, 1.54) is 38.5 Å². The third-order valence-corrected chi connectivity index (χ3v) is 2.60. The molecule has 0 aromatic carbocycles. The zero-order valence-electron chi connectivity index (χ0n) is 8.85. The number of hydrogen-bond donors (Lipinski definition) is 1. The first-order chi connectivity index (χ1) is 6.43. The normalized spacial score (nSPS) is 23.3. The highest BCUT2D eigenvalue weighted by Gasteiger charge is 2.12.